The SMILES string of the molecule is CC1CC2OC=CC(=O)C2CC1C. The lowest BCUT2D eigenvalue weighted by Gasteiger charge is -2.38. The predicted molar refractivity (Wildman–Crippen MR) is 50.1 cm³/mol. The van der Waals surface area contributed by atoms with Gasteiger partial charge in [-0.25, -0.2) is 0 Å². The maximum atomic E-state index is 11.5. The Hall–Kier alpha value is -0.790. The summed E-state index contributed by atoms with van der Waals surface area (Å²) >= 11 is 0. The van der Waals surface area contributed by atoms with Crippen molar-refractivity contribution in [2.24, 2.45) is 17.8 Å². The second-order valence-electron chi connectivity index (χ2n) is 4.41. The van der Waals surface area contributed by atoms with E-state index in [9.17, 15) is 4.79 Å². The fourth-order valence-electron chi connectivity index (χ4n) is 2.33. The third kappa shape index (κ3) is 1.50. The molecule has 0 radical (unpaired) electrons. The van der Waals surface area contributed by atoms with Crippen LogP contribution in [0.5, 0.6) is 0 Å². The zero-order valence-corrected chi connectivity index (χ0v) is 8.19. The first-order chi connectivity index (χ1) is 6.18. The van der Waals surface area contributed by atoms with Crippen molar-refractivity contribution in [1.29, 1.82) is 0 Å². The molecule has 0 N–H and O–H groups in total. The topological polar surface area (TPSA) is 26.3 Å². The average molecular weight is 180 g/mol. The molecule has 1 saturated carbocycles. The van der Waals surface area contributed by atoms with Gasteiger partial charge in [0.2, 0.25) is 0 Å². The van der Waals surface area contributed by atoms with Crippen LogP contribution in [0.2, 0.25) is 0 Å². The summed E-state index contributed by atoms with van der Waals surface area (Å²) in [4.78, 5) is 11.5. The van der Waals surface area contributed by atoms with Gasteiger partial charge in [-0.3, -0.25) is 4.79 Å². The Balaban J connectivity index is 2.14. The number of allylic oxidation sites excluding steroid dienone is 1. The van der Waals surface area contributed by atoms with Crippen molar-refractivity contribution in [2.75, 3.05) is 0 Å². The molecule has 0 aromatic carbocycles. The van der Waals surface area contributed by atoms with Gasteiger partial charge >= 0.3 is 0 Å². The molecular weight excluding hydrogens is 164 g/mol. The van der Waals surface area contributed by atoms with Gasteiger partial charge in [-0.15, -0.1) is 0 Å². The average Bonchev–Trinajstić information content (AvgIpc) is 2.09. The van der Waals surface area contributed by atoms with Gasteiger partial charge < -0.3 is 4.74 Å². The third-order valence-corrected chi connectivity index (χ3v) is 3.50. The van der Waals surface area contributed by atoms with Crippen LogP contribution in [0.3, 0.4) is 0 Å². The molecule has 13 heavy (non-hydrogen) atoms. The monoisotopic (exact) mass is 180 g/mol. The van der Waals surface area contributed by atoms with E-state index in [0.29, 0.717) is 11.8 Å². The summed E-state index contributed by atoms with van der Waals surface area (Å²) < 4.78 is 5.47. The van der Waals surface area contributed by atoms with E-state index in [-0.39, 0.29) is 17.8 Å². The van der Waals surface area contributed by atoms with E-state index in [2.05, 4.69) is 13.8 Å². The Morgan fingerprint density at radius 2 is 2.00 bits per heavy atom. The zero-order chi connectivity index (χ0) is 9.42. The smallest absolute Gasteiger partial charge is 0.165 e. The van der Waals surface area contributed by atoms with Crippen LogP contribution in [0.15, 0.2) is 12.3 Å². The first-order valence-electron chi connectivity index (χ1n) is 5.04. The highest BCUT2D eigenvalue weighted by atomic mass is 16.5. The molecule has 2 nitrogen and oxygen atoms in total. The van der Waals surface area contributed by atoms with Crippen molar-refractivity contribution < 1.29 is 9.53 Å². The largest absolute Gasteiger partial charge is 0.497 e. The molecule has 1 aliphatic heterocycles. The number of carbonyl (C=O) groups is 1. The molecule has 1 aliphatic carbocycles. The molecule has 4 atom stereocenters. The highest BCUT2D eigenvalue weighted by molar-refractivity contribution is 5.92. The lowest BCUT2D eigenvalue weighted by Crippen LogP contribution is -2.40. The van der Waals surface area contributed by atoms with E-state index in [4.69, 9.17) is 4.74 Å². The van der Waals surface area contributed by atoms with Gasteiger partial charge in [0.1, 0.15) is 6.10 Å². The van der Waals surface area contributed by atoms with E-state index >= 15 is 0 Å². The van der Waals surface area contributed by atoms with E-state index in [0.717, 1.165) is 12.8 Å². The van der Waals surface area contributed by atoms with Crippen molar-refractivity contribution in [3.8, 4) is 0 Å². The lowest BCUT2D eigenvalue weighted by atomic mass is 9.72. The number of ketones is 1. The van der Waals surface area contributed by atoms with E-state index in [1.54, 1.807) is 12.3 Å². The second kappa shape index (κ2) is 3.17. The Bertz CT molecular complexity index is 244. The van der Waals surface area contributed by atoms with Crippen LogP contribution in [-0.2, 0) is 9.53 Å². The van der Waals surface area contributed by atoms with E-state index < -0.39 is 0 Å². The summed E-state index contributed by atoms with van der Waals surface area (Å²) in [5.41, 5.74) is 0. The molecule has 0 saturated heterocycles. The molecule has 0 aromatic rings. The van der Waals surface area contributed by atoms with Gasteiger partial charge in [0.25, 0.3) is 0 Å². The van der Waals surface area contributed by atoms with Gasteiger partial charge in [0.15, 0.2) is 5.78 Å². The summed E-state index contributed by atoms with van der Waals surface area (Å²) in [6.45, 7) is 4.47. The summed E-state index contributed by atoms with van der Waals surface area (Å²) in [5, 5.41) is 0. The molecule has 4 unspecified atom stereocenters. The van der Waals surface area contributed by atoms with Crippen molar-refractivity contribution in [1.82, 2.24) is 0 Å². The Kier molecular flexibility index (Phi) is 2.14. The molecule has 0 amide bonds. The van der Waals surface area contributed by atoms with Crippen molar-refractivity contribution >= 4 is 5.78 Å². The molecule has 2 aliphatic rings. The van der Waals surface area contributed by atoms with Crippen molar-refractivity contribution in [3.05, 3.63) is 12.3 Å². The van der Waals surface area contributed by atoms with Crippen molar-refractivity contribution in [2.45, 2.75) is 32.8 Å². The Labute approximate surface area is 79.0 Å². The van der Waals surface area contributed by atoms with Crippen molar-refractivity contribution in [3.63, 3.8) is 0 Å². The highest BCUT2D eigenvalue weighted by Crippen LogP contribution is 2.37. The Morgan fingerprint density at radius 1 is 1.31 bits per heavy atom. The molecule has 2 heteroatoms. The Morgan fingerprint density at radius 3 is 2.77 bits per heavy atom. The predicted octanol–water partition coefficient (Wildman–Crippen LogP) is 2.15. The third-order valence-electron chi connectivity index (χ3n) is 3.50. The number of hydrogen-bond donors (Lipinski definition) is 0. The fourth-order valence-corrected chi connectivity index (χ4v) is 2.33. The quantitative estimate of drug-likeness (QED) is 0.571. The molecular formula is C11H16O2. The van der Waals surface area contributed by atoms with Crippen LogP contribution in [0, 0.1) is 17.8 Å². The molecule has 1 heterocycles. The maximum absolute atomic E-state index is 11.5. The lowest BCUT2D eigenvalue weighted by molar-refractivity contribution is -0.127. The minimum atomic E-state index is 0.135. The van der Waals surface area contributed by atoms with Gasteiger partial charge in [0.05, 0.1) is 12.2 Å². The molecule has 0 aromatic heterocycles. The normalized spacial score (nSPS) is 44.0. The van der Waals surface area contributed by atoms with E-state index in [1.807, 2.05) is 0 Å². The van der Waals surface area contributed by atoms with Gasteiger partial charge in [-0.05, 0) is 24.7 Å². The maximum Gasteiger partial charge on any atom is 0.165 e. The molecule has 1 fully saturated rings. The van der Waals surface area contributed by atoms with Crippen LogP contribution in [0.1, 0.15) is 26.7 Å². The summed E-state index contributed by atoms with van der Waals surface area (Å²) in [5.74, 6) is 1.73. The minimum absolute atomic E-state index is 0.135. The number of hydrogen-bond acceptors (Lipinski definition) is 2. The van der Waals surface area contributed by atoms with Crippen LogP contribution in [0.25, 0.3) is 0 Å². The van der Waals surface area contributed by atoms with E-state index in [1.165, 1.54) is 0 Å². The minimum Gasteiger partial charge on any atom is -0.497 e. The highest BCUT2D eigenvalue weighted by Gasteiger charge is 2.38. The standard InChI is InChI=1S/C11H16O2/c1-7-5-9-10(12)3-4-13-11(9)6-8(7)2/h3-4,7-9,11H,5-6H2,1-2H3. The van der Waals surface area contributed by atoms with Crippen LogP contribution in [0.4, 0.5) is 0 Å². The van der Waals surface area contributed by atoms with Gasteiger partial charge in [-0.1, -0.05) is 13.8 Å². The number of ether oxygens (including phenoxy) is 1. The number of carbonyl (C=O) groups excluding carboxylic acids is 1. The molecule has 0 spiro atoms. The summed E-state index contributed by atoms with van der Waals surface area (Å²) in [6.07, 6.45) is 5.32. The first-order valence-corrected chi connectivity index (χ1v) is 5.04. The molecule has 0 bridgehead atoms. The zero-order valence-electron chi connectivity index (χ0n) is 8.19. The van der Waals surface area contributed by atoms with Crippen LogP contribution in [-0.4, -0.2) is 11.9 Å². The second-order valence-corrected chi connectivity index (χ2v) is 4.41. The molecule has 72 valence electrons. The first kappa shape index (κ1) is 8.79. The number of rotatable bonds is 0. The molecule has 2 rings (SSSR count). The number of fused-ring (bicyclic) bond motifs is 1. The van der Waals surface area contributed by atoms with Gasteiger partial charge in [-0.2, -0.15) is 0 Å². The summed E-state index contributed by atoms with van der Waals surface area (Å²) in [7, 11) is 0. The van der Waals surface area contributed by atoms with Crippen LogP contribution < -0.4 is 0 Å². The summed E-state index contributed by atoms with van der Waals surface area (Å²) in [6, 6.07) is 0. The van der Waals surface area contributed by atoms with Crippen LogP contribution >= 0.6 is 0 Å². The van der Waals surface area contributed by atoms with Gasteiger partial charge in [0, 0.05) is 6.08 Å². The fraction of sp³-hybridized carbons (Fsp3) is 0.727.